The second-order valence-electron chi connectivity index (χ2n) is 7.49. The van der Waals surface area contributed by atoms with Gasteiger partial charge >= 0.3 is 0 Å². The van der Waals surface area contributed by atoms with Crippen molar-refractivity contribution in [3.8, 4) is 11.4 Å². The molecule has 5 nitrogen and oxygen atoms in total. The molecule has 2 aromatic carbocycles. The van der Waals surface area contributed by atoms with Crippen LogP contribution in [0.1, 0.15) is 59.5 Å². The lowest BCUT2D eigenvalue weighted by atomic mass is 10.0. The third kappa shape index (κ3) is 3.20. The molecule has 142 valence electrons. The van der Waals surface area contributed by atoms with Gasteiger partial charge in [0, 0.05) is 28.6 Å². The first-order valence-electron chi connectivity index (χ1n) is 9.70. The number of benzene rings is 2. The van der Waals surface area contributed by atoms with Crippen molar-refractivity contribution in [2.45, 2.75) is 37.6 Å². The lowest BCUT2D eigenvalue weighted by molar-refractivity contribution is 0.0736. The zero-order valence-electron chi connectivity index (χ0n) is 15.3. The fraction of sp³-hybridized carbons (Fsp3) is 0.318. The molecule has 2 heterocycles. The van der Waals surface area contributed by atoms with Crippen LogP contribution in [0.5, 0.6) is 0 Å². The summed E-state index contributed by atoms with van der Waals surface area (Å²) in [6, 6.07) is 15.3. The Balaban J connectivity index is 1.36. The molecule has 28 heavy (non-hydrogen) atoms. The zero-order valence-corrected chi connectivity index (χ0v) is 16.1. The maximum Gasteiger partial charge on any atom is 0.254 e. The Bertz CT molecular complexity index is 1010. The minimum absolute atomic E-state index is 0.0270. The first-order chi connectivity index (χ1) is 13.7. The highest BCUT2D eigenvalue weighted by Crippen LogP contribution is 2.40. The number of nitrogens with zero attached hydrogens (tertiary/aromatic N) is 3. The lowest BCUT2D eigenvalue weighted by Gasteiger charge is -2.26. The minimum Gasteiger partial charge on any atom is -0.339 e. The van der Waals surface area contributed by atoms with Crippen LogP contribution < -0.4 is 0 Å². The number of halogens is 1. The van der Waals surface area contributed by atoms with Gasteiger partial charge in [0.05, 0.1) is 6.04 Å². The molecule has 6 heteroatoms. The van der Waals surface area contributed by atoms with Crippen LogP contribution >= 0.6 is 11.6 Å². The first-order valence-corrected chi connectivity index (χ1v) is 10.1. The second-order valence-corrected chi connectivity index (χ2v) is 7.89. The third-order valence-corrected chi connectivity index (χ3v) is 5.88. The van der Waals surface area contributed by atoms with Crippen molar-refractivity contribution < 1.29 is 9.32 Å². The van der Waals surface area contributed by atoms with Crippen LogP contribution in [-0.4, -0.2) is 27.5 Å². The van der Waals surface area contributed by atoms with Crippen LogP contribution in [0.4, 0.5) is 0 Å². The van der Waals surface area contributed by atoms with Crippen molar-refractivity contribution in [2.75, 3.05) is 6.54 Å². The molecule has 0 radical (unpaired) electrons. The molecule has 1 saturated heterocycles. The van der Waals surface area contributed by atoms with Crippen molar-refractivity contribution >= 4 is 17.5 Å². The lowest BCUT2D eigenvalue weighted by Crippen LogP contribution is -2.30. The second kappa shape index (κ2) is 7.06. The smallest absolute Gasteiger partial charge is 0.254 e. The van der Waals surface area contributed by atoms with Gasteiger partial charge in [-0.1, -0.05) is 47.1 Å². The molecule has 0 N–H and O–H groups in total. The van der Waals surface area contributed by atoms with E-state index in [4.69, 9.17) is 16.1 Å². The highest BCUT2D eigenvalue weighted by Gasteiger charge is 2.32. The van der Waals surface area contributed by atoms with E-state index in [1.54, 1.807) is 0 Å². The number of carbonyl (C=O) groups excluding carboxylic acids is 1. The summed E-state index contributed by atoms with van der Waals surface area (Å²) in [5.74, 6) is 1.76. The van der Waals surface area contributed by atoms with E-state index in [2.05, 4.69) is 10.1 Å². The predicted octanol–water partition coefficient (Wildman–Crippen LogP) is 5.24. The van der Waals surface area contributed by atoms with E-state index in [0.717, 1.165) is 49.2 Å². The fourth-order valence-corrected chi connectivity index (χ4v) is 4.12. The summed E-state index contributed by atoms with van der Waals surface area (Å²) in [6.07, 6.45) is 4.15. The van der Waals surface area contributed by atoms with Gasteiger partial charge in [-0.2, -0.15) is 4.98 Å². The number of hydrogen-bond donors (Lipinski definition) is 0. The van der Waals surface area contributed by atoms with Gasteiger partial charge in [0.1, 0.15) is 0 Å². The van der Waals surface area contributed by atoms with E-state index in [-0.39, 0.29) is 11.9 Å². The van der Waals surface area contributed by atoms with Crippen LogP contribution in [0.25, 0.3) is 11.4 Å². The number of rotatable bonds is 4. The number of likely N-dealkylation sites (tertiary alicyclic amines) is 1. The molecular formula is C22H20ClN3O2. The fourth-order valence-electron chi connectivity index (χ4n) is 3.85. The normalized spacial score (nSPS) is 19.2. The summed E-state index contributed by atoms with van der Waals surface area (Å²) in [4.78, 5) is 19.5. The molecule has 3 aromatic rings. The van der Waals surface area contributed by atoms with E-state index >= 15 is 0 Å². The molecule has 2 aliphatic rings. The topological polar surface area (TPSA) is 59.2 Å². The Hall–Kier alpha value is -2.66. The summed E-state index contributed by atoms with van der Waals surface area (Å²) in [5, 5.41) is 4.78. The van der Waals surface area contributed by atoms with Gasteiger partial charge in [-0.15, -0.1) is 0 Å². The SMILES string of the molecule is O=C(c1ccc(-c2noc(C3CC3)n2)cc1)N1CCC[C@@H]1c1ccccc1Cl. The van der Waals surface area contributed by atoms with Crippen LogP contribution in [0.15, 0.2) is 53.1 Å². The molecule has 2 fully saturated rings. The molecule has 0 unspecified atom stereocenters. The zero-order chi connectivity index (χ0) is 19.1. The van der Waals surface area contributed by atoms with Crippen molar-refractivity contribution in [1.29, 1.82) is 0 Å². The highest BCUT2D eigenvalue weighted by atomic mass is 35.5. The maximum atomic E-state index is 13.1. The van der Waals surface area contributed by atoms with E-state index in [9.17, 15) is 4.79 Å². The molecule has 1 atom stereocenters. The summed E-state index contributed by atoms with van der Waals surface area (Å²) in [5.41, 5.74) is 2.54. The van der Waals surface area contributed by atoms with E-state index in [1.165, 1.54) is 0 Å². The molecular weight excluding hydrogens is 374 g/mol. The minimum atomic E-state index is 0.0270. The van der Waals surface area contributed by atoms with Gasteiger partial charge in [-0.3, -0.25) is 4.79 Å². The Morgan fingerprint density at radius 1 is 1.07 bits per heavy atom. The van der Waals surface area contributed by atoms with Gasteiger partial charge in [-0.25, -0.2) is 0 Å². The maximum absolute atomic E-state index is 13.1. The summed E-state index contributed by atoms with van der Waals surface area (Å²) >= 11 is 6.38. The van der Waals surface area contributed by atoms with Gasteiger partial charge < -0.3 is 9.42 Å². The number of aromatic nitrogens is 2. The molecule has 0 bridgehead atoms. The van der Waals surface area contributed by atoms with Crippen LogP contribution in [0.3, 0.4) is 0 Å². The Morgan fingerprint density at radius 2 is 1.86 bits per heavy atom. The van der Waals surface area contributed by atoms with Gasteiger partial charge in [0.2, 0.25) is 11.7 Å². The third-order valence-electron chi connectivity index (χ3n) is 5.54. The largest absolute Gasteiger partial charge is 0.339 e. The summed E-state index contributed by atoms with van der Waals surface area (Å²) in [7, 11) is 0. The van der Waals surface area contributed by atoms with Crippen molar-refractivity contribution in [3.05, 3.63) is 70.6 Å². The Labute approximate surface area is 168 Å². The van der Waals surface area contributed by atoms with E-state index in [0.29, 0.717) is 22.3 Å². The summed E-state index contributed by atoms with van der Waals surface area (Å²) < 4.78 is 5.33. The van der Waals surface area contributed by atoms with Crippen LogP contribution in [0, 0.1) is 0 Å². The number of hydrogen-bond acceptors (Lipinski definition) is 4. The number of amides is 1. The van der Waals surface area contributed by atoms with E-state index < -0.39 is 0 Å². The van der Waals surface area contributed by atoms with Crippen LogP contribution in [-0.2, 0) is 0 Å². The number of carbonyl (C=O) groups is 1. The average Bonchev–Trinajstić information content (AvgIpc) is 3.26. The molecule has 1 saturated carbocycles. The average molecular weight is 394 g/mol. The predicted molar refractivity (Wildman–Crippen MR) is 106 cm³/mol. The van der Waals surface area contributed by atoms with Gasteiger partial charge in [-0.05, 0) is 49.4 Å². The van der Waals surface area contributed by atoms with E-state index in [1.807, 2.05) is 53.4 Å². The molecule has 1 aliphatic carbocycles. The van der Waals surface area contributed by atoms with Crippen molar-refractivity contribution in [1.82, 2.24) is 15.0 Å². The molecule has 1 aromatic heterocycles. The Morgan fingerprint density at radius 3 is 2.61 bits per heavy atom. The van der Waals surface area contributed by atoms with Gasteiger partial charge in [0.25, 0.3) is 5.91 Å². The first kappa shape index (κ1) is 17.4. The Kier molecular flexibility index (Phi) is 4.40. The molecule has 1 amide bonds. The molecule has 5 rings (SSSR count). The quantitative estimate of drug-likeness (QED) is 0.607. The highest BCUT2D eigenvalue weighted by molar-refractivity contribution is 6.31. The van der Waals surface area contributed by atoms with Crippen LogP contribution in [0.2, 0.25) is 5.02 Å². The van der Waals surface area contributed by atoms with Gasteiger partial charge in [0.15, 0.2) is 0 Å². The van der Waals surface area contributed by atoms with Crippen molar-refractivity contribution in [3.63, 3.8) is 0 Å². The molecule has 0 spiro atoms. The van der Waals surface area contributed by atoms with Crippen molar-refractivity contribution in [2.24, 2.45) is 0 Å². The monoisotopic (exact) mass is 393 g/mol. The standard InChI is InChI=1S/C22H20ClN3O2/c23-18-5-2-1-4-17(18)19-6-3-13-26(19)22(27)16-11-7-14(8-12-16)20-24-21(28-25-20)15-9-10-15/h1-2,4-5,7-8,11-12,15,19H,3,6,9-10,13H2/t19-/m1/s1. The molecule has 1 aliphatic heterocycles. The summed E-state index contributed by atoms with van der Waals surface area (Å²) in [6.45, 7) is 0.742.